The monoisotopic (exact) mass is 695 g/mol. The summed E-state index contributed by atoms with van der Waals surface area (Å²) in [5.41, 5.74) is 5.81. The number of para-hydroxylation sites is 1. The third-order valence-corrected chi connectivity index (χ3v) is 9.97. The number of fused-ring (bicyclic) bond motifs is 1. The Balaban J connectivity index is 1.23. The Morgan fingerprint density at radius 2 is 1.43 bits per heavy atom. The minimum atomic E-state index is -3.95. The van der Waals surface area contributed by atoms with Gasteiger partial charge in [-0.1, -0.05) is 115 Å². The number of hydrogen-bond donors (Lipinski definition) is 2. The highest BCUT2D eigenvalue weighted by Gasteiger charge is 2.23. The van der Waals surface area contributed by atoms with Gasteiger partial charge in [-0.2, -0.15) is 0 Å². The molecular weight excluding hydrogens is 654 g/mol. The number of ether oxygens (including phenoxy) is 1. The fourth-order valence-corrected chi connectivity index (χ4v) is 6.73. The van der Waals surface area contributed by atoms with Crippen molar-refractivity contribution < 1.29 is 17.9 Å². The maximum Gasteiger partial charge on any atom is 0.281 e. The molecule has 0 spiro atoms. The average molecular weight is 696 g/mol. The summed E-state index contributed by atoms with van der Waals surface area (Å²) in [6.07, 6.45) is 9.22. The van der Waals surface area contributed by atoms with Crippen LogP contribution in [0.5, 0.6) is 5.75 Å². The van der Waals surface area contributed by atoms with Gasteiger partial charge < -0.3 is 9.72 Å². The fraction of sp³-hybridized carbons (Fsp3) is 0.225. The first-order chi connectivity index (χ1) is 23.7. The molecule has 5 aromatic rings. The molecule has 1 amide bonds. The summed E-state index contributed by atoms with van der Waals surface area (Å²) in [5.74, 6) is -0.168. The van der Waals surface area contributed by atoms with Crippen molar-refractivity contribution in [2.45, 2.75) is 26.7 Å². The molecule has 0 saturated heterocycles. The molecule has 0 saturated carbocycles. The number of nitrogens with one attached hydrogen (secondary N) is 2. The molecule has 7 nitrogen and oxygen atoms in total. The number of H-pyrrole nitrogens is 1. The lowest BCUT2D eigenvalue weighted by Crippen LogP contribution is -2.38. The number of hydrogen-bond acceptors (Lipinski definition) is 5. The van der Waals surface area contributed by atoms with E-state index in [1.165, 1.54) is 0 Å². The number of aromatic amines is 1. The number of carbonyl (C=O) groups is 1. The number of aromatic nitrogens is 1. The zero-order valence-corrected chi connectivity index (χ0v) is 29.4. The number of benzene rings is 4. The first kappa shape index (κ1) is 35.7. The van der Waals surface area contributed by atoms with Crippen LogP contribution >= 0.6 is 11.6 Å². The normalized spacial score (nSPS) is 12.0. The molecular formula is C40H42ClN3O4S. The highest BCUT2D eigenvalue weighted by atomic mass is 35.5. The Morgan fingerprint density at radius 1 is 0.857 bits per heavy atom. The van der Waals surface area contributed by atoms with Gasteiger partial charge in [0.1, 0.15) is 11.4 Å². The lowest BCUT2D eigenvalue weighted by atomic mass is 10.1. The van der Waals surface area contributed by atoms with Gasteiger partial charge in [0.2, 0.25) is 10.0 Å². The molecule has 0 bridgehead atoms. The van der Waals surface area contributed by atoms with E-state index >= 15 is 0 Å². The van der Waals surface area contributed by atoms with Crippen LogP contribution in [0.2, 0.25) is 5.02 Å². The van der Waals surface area contributed by atoms with Crippen LogP contribution in [0.15, 0.2) is 109 Å². The number of halogens is 1. The van der Waals surface area contributed by atoms with Gasteiger partial charge in [-0.25, -0.2) is 13.1 Å². The van der Waals surface area contributed by atoms with Crippen molar-refractivity contribution in [1.82, 2.24) is 14.6 Å². The molecule has 254 valence electrons. The topological polar surface area (TPSA) is 91.5 Å². The van der Waals surface area contributed by atoms with Crippen molar-refractivity contribution in [3.05, 3.63) is 148 Å². The summed E-state index contributed by atoms with van der Waals surface area (Å²) in [4.78, 5) is 18.7. The van der Waals surface area contributed by atoms with Gasteiger partial charge in [0, 0.05) is 35.6 Å². The van der Waals surface area contributed by atoms with Crippen LogP contribution in [0, 0.1) is 13.8 Å². The molecule has 5 rings (SSSR count). The van der Waals surface area contributed by atoms with Gasteiger partial charge in [0.15, 0.2) is 0 Å². The van der Waals surface area contributed by atoms with Crippen LogP contribution in [0.4, 0.5) is 0 Å². The quantitative estimate of drug-likeness (QED) is 0.102. The molecule has 9 heteroatoms. The highest BCUT2D eigenvalue weighted by molar-refractivity contribution is 7.90. The predicted molar refractivity (Wildman–Crippen MR) is 202 cm³/mol. The highest BCUT2D eigenvalue weighted by Crippen LogP contribution is 2.27. The van der Waals surface area contributed by atoms with Crippen LogP contribution in [-0.4, -0.2) is 56.2 Å². The summed E-state index contributed by atoms with van der Waals surface area (Å²) in [5, 5.41) is 1.61. The van der Waals surface area contributed by atoms with Gasteiger partial charge in [0.05, 0.1) is 12.4 Å². The minimum Gasteiger partial charge on any atom is -0.494 e. The maximum absolute atomic E-state index is 13.5. The molecule has 1 aromatic heterocycles. The van der Waals surface area contributed by atoms with Crippen molar-refractivity contribution >= 4 is 50.6 Å². The number of amides is 1. The standard InChI is InChI=1S/C40H42ClN3O4S/c1-30-28-34(29-31(2)38(30)41)48-26-13-21-36-35-20-9-10-22-37(35)42-39(36)40(45)43-49(46,47)27-25-44(23-11-18-32-14-5-3-6-15-32)24-12-19-33-16-7-4-8-17-33/h3-12,14-20,22,28-29,42H,13,21,23-27H2,1-2H3,(H,43,45)/b18-11+,19-12+. The van der Waals surface area contributed by atoms with Crippen LogP contribution in [0.25, 0.3) is 23.1 Å². The molecule has 0 fully saturated rings. The molecule has 0 aliphatic rings. The van der Waals surface area contributed by atoms with E-state index in [1.807, 2.05) is 140 Å². The van der Waals surface area contributed by atoms with E-state index in [0.717, 1.165) is 49.5 Å². The van der Waals surface area contributed by atoms with Crippen molar-refractivity contribution in [2.75, 3.05) is 32.0 Å². The summed E-state index contributed by atoms with van der Waals surface area (Å²) in [6.45, 7) is 5.63. The fourth-order valence-electron chi connectivity index (χ4n) is 5.64. The van der Waals surface area contributed by atoms with E-state index in [4.69, 9.17) is 16.3 Å². The number of nitrogens with zero attached hydrogens (tertiary/aromatic N) is 1. The number of carbonyl (C=O) groups excluding carboxylic acids is 1. The Bertz CT molecular complexity index is 1950. The lowest BCUT2D eigenvalue weighted by molar-refractivity contribution is 0.0976. The van der Waals surface area contributed by atoms with Gasteiger partial charge >= 0.3 is 0 Å². The largest absolute Gasteiger partial charge is 0.494 e. The van der Waals surface area contributed by atoms with Crippen LogP contribution < -0.4 is 9.46 Å². The second-order valence-electron chi connectivity index (χ2n) is 12.0. The van der Waals surface area contributed by atoms with Crippen molar-refractivity contribution in [3.63, 3.8) is 0 Å². The van der Waals surface area contributed by atoms with Crippen molar-refractivity contribution in [3.8, 4) is 5.75 Å². The van der Waals surface area contributed by atoms with Crippen LogP contribution in [-0.2, 0) is 16.4 Å². The first-order valence-corrected chi connectivity index (χ1v) is 18.4. The molecule has 2 N–H and O–H groups in total. The van der Waals surface area contributed by atoms with Gasteiger partial charge in [-0.3, -0.25) is 9.69 Å². The molecule has 0 unspecified atom stereocenters. The number of rotatable bonds is 16. The zero-order chi connectivity index (χ0) is 34.6. The third kappa shape index (κ3) is 10.4. The zero-order valence-electron chi connectivity index (χ0n) is 27.9. The third-order valence-electron chi connectivity index (χ3n) is 8.16. The number of sulfonamides is 1. The molecule has 0 aliphatic heterocycles. The first-order valence-electron chi connectivity index (χ1n) is 16.4. The summed E-state index contributed by atoms with van der Waals surface area (Å²) in [7, 11) is -3.95. The van der Waals surface area contributed by atoms with E-state index < -0.39 is 15.9 Å². The maximum atomic E-state index is 13.5. The molecule has 1 heterocycles. The molecule has 0 radical (unpaired) electrons. The Hall–Kier alpha value is -4.63. The Labute approximate surface area is 294 Å². The van der Waals surface area contributed by atoms with Crippen molar-refractivity contribution in [2.24, 2.45) is 0 Å². The second-order valence-corrected chi connectivity index (χ2v) is 14.2. The summed E-state index contributed by atoms with van der Waals surface area (Å²) >= 11 is 6.30. The minimum absolute atomic E-state index is 0.236. The summed E-state index contributed by atoms with van der Waals surface area (Å²) < 4.78 is 34.9. The van der Waals surface area contributed by atoms with Gasteiger partial charge in [-0.15, -0.1) is 0 Å². The van der Waals surface area contributed by atoms with Crippen LogP contribution in [0.1, 0.15) is 44.7 Å². The smallest absolute Gasteiger partial charge is 0.281 e. The lowest BCUT2D eigenvalue weighted by Gasteiger charge is -2.19. The SMILES string of the molecule is Cc1cc(OCCCc2c(C(=O)NS(=O)(=O)CCN(C/C=C/c3ccccc3)C/C=C/c3ccccc3)[nH]c3ccccc23)cc(C)c1Cl. The Kier molecular flexibility index (Phi) is 12.5. The average Bonchev–Trinajstić information content (AvgIpc) is 3.47. The summed E-state index contributed by atoms with van der Waals surface area (Å²) in [6, 6.07) is 31.3. The van der Waals surface area contributed by atoms with E-state index in [0.29, 0.717) is 32.5 Å². The molecule has 4 aromatic carbocycles. The molecule has 0 atom stereocenters. The predicted octanol–water partition coefficient (Wildman–Crippen LogP) is 8.24. The molecule has 0 aliphatic carbocycles. The van der Waals surface area contributed by atoms with E-state index in [2.05, 4.69) is 9.71 Å². The Morgan fingerprint density at radius 3 is 2.04 bits per heavy atom. The van der Waals surface area contributed by atoms with Crippen molar-refractivity contribution in [1.29, 1.82) is 0 Å². The van der Waals surface area contributed by atoms with E-state index in [-0.39, 0.29) is 18.0 Å². The van der Waals surface area contributed by atoms with E-state index in [1.54, 1.807) is 0 Å². The van der Waals surface area contributed by atoms with Gasteiger partial charge in [-0.05, 0) is 72.7 Å². The van der Waals surface area contributed by atoms with Crippen LogP contribution in [0.3, 0.4) is 0 Å². The van der Waals surface area contributed by atoms with E-state index in [9.17, 15) is 13.2 Å². The number of aryl methyl sites for hydroxylation is 3. The second kappa shape index (κ2) is 17.2. The molecule has 49 heavy (non-hydrogen) atoms. The van der Waals surface area contributed by atoms with Gasteiger partial charge in [0.25, 0.3) is 5.91 Å².